The highest BCUT2D eigenvalue weighted by atomic mass is 79.9. The standard InChI is InChI=1S/C15H11BrCl2O/c16-13-4-11(5-14(17)6-13)15(18)9-1-2-10-7-19-8-12(10)3-9/h1-6,15H,7-8H2. The summed E-state index contributed by atoms with van der Waals surface area (Å²) in [6.45, 7) is 1.37. The molecule has 1 unspecified atom stereocenters. The van der Waals surface area contributed by atoms with Gasteiger partial charge >= 0.3 is 0 Å². The molecule has 19 heavy (non-hydrogen) atoms. The predicted octanol–water partition coefficient (Wildman–Crippen LogP) is 5.46. The van der Waals surface area contributed by atoms with Crippen molar-refractivity contribution in [3.63, 3.8) is 0 Å². The predicted molar refractivity (Wildman–Crippen MR) is 81.8 cm³/mol. The van der Waals surface area contributed by atoms with Gasteiger partial charge in [0, 0.05) is 9.50 Å². The smallest absolute Gasteiger partial charge is 0.0836 e. The molecule has 0 radical (unpaired) electrons. The number of rotatable bonds is 2. The van der Waals surface area contributed by atoms with Crippen LogP contribution in [0.5, 0.6) is 0 Å². The van der Waals surface area contributed by atoms with E-state index >= 15 is 0 Å². The average Bonchev–Trinajstić information content (AvgIpc) is 2.83. The van der Waals surface area contributed by atoms with E-state index in [-0.39, 0.29) is 5.38 Å². The molecule has 1 atom stereocenters. The van der Waals surface area contributed by atoms with E-state index in [1.807, 2.05) is 18.2 Å². The maximum atomic E-state index is 6.56. The van der Waals surface area contributed by atoms with Gasteiger partial charge in [0.05, 0.1) is 18.6 Å². The zero-order chi connectivity index (χ0) is 13.4. The summed E-state index contributed by atoms with van der Waals surface area (Å²) in [6.07, 6.45) is 0. The summed E-state index contributed by atoms with van der Waals surface area (Å²) >= 11 is 16.1. The van der Waals surface area contributed by atoms with Gasteiger partial charge in [0.25, 0.3) is 0 Å². The molecule has 0 saturated carbocycles. The van der Waals surface area contributed by atoms with Gasteiger partial charge in [-0.25, -0.2) is 0 Å². The molecule has 0 fully saturated rings. The van der Waals surface area contributed by atoms with Gasteiger partial charge in [-0.1, -0.05) is 45.7 Å². The van der Waals surface area contributed by atoms with E-state index in [2.05, 4.69) is 34.1 Å². The fourth-order valence-electron chi connectivity index (χ4n) is 2.26. The third kappa shape index (κ3) is 2.82. The fourth-order valence-corrected chi connectivity index (χ4v) is 3.41. The number of fused-ring (bicyclic) bond motifs is 1. The Morgan fingerprint density at radius 1 is 1.00 bits per heavy atom. The second-order valence-electron chi connectivity index (χ2n) is 4.59. The van der Waals surface area contributed by atoms with Crippen LogP contribution in [0.15, 0.2) is 40.9 Å². The second kappa shape index (κ2) is 5.45. The minimum atomic E-state index is -0.208. The Labute approximate surface area is 130 Å². The van der Waals surface area contributed by atoms with Gasteiger partial charge in [-0.3, -0.25) is 0 Å². The highest BCUT2D eigenvalue weighted by Crippen LogP contribution is 2.34. The largest absolute Gasteiger partial charge is 0.372 e. The molecule has 1 aliphatic heterocycles. The maximum absolute atomic E-state index is 6.56. The molecule has 0 spiro atoms. The van der Waals surface area contributed by atoms with Crippen LogP contribution in [0.2, 0.25) is 5.02 Å². The van der Waals surface area contributed by atoms with E-state index in [1.165, 1.54) is 11.1 Å². The lowest BCUT2D eigenvalue weighted by molar-refractivity contribution is 0.134. The Hall–Kier alpha value is -0.540. The number of alkyl halides is 1. The molecule has 98 valence electrons. The molecule has 4 heteroatoms. The van der Waals surface area contributed by atoms with Crippen molar-refractivity contribution in [2.24, 2.45) is 0 Å². The number of hydrogen-bond donors (Lipinski definition) is 0. The molecule has 3 rings (SSSR count). The Bertz CT molecular complexity index is 607. The molecule has 0 aromatic heterocycles. The van der Waals surface area contributed by atoms with E-state index in [9.17, 15) is 0 Å². The summed E-state index contributed by atoms with van der Waals surface area (Å²) in [5.74, 6) is 0. The van der Waals surface area contributed by atoms with Gasteiger partial charge < -0.3 is 4.74 Å². The highest BCUT2D eigenvalue weighted by Gasteiger charge is 2.16. The average molecular weight is 358 g/mol. The van der Waals surface area contributed by atoms with Gasteiger partial charge in [0.15, 0.2) is 0 Å². The van der Waals surface area contributed by atoms with E-state index in [0.717, 1.165) is 15.6 Å². The van der Waals surface area contributed by atoms with Gasteiger partial charge in [0.2, 0.25) is 0 Å². The molecule has 0 aliphatic carbocycles. The fraction of sp³-hybridized carbons (Fsp3) is 0.200. The van der Waals surface area contributed by atoms with E-state index in [1.54, 1.807) is 0 Å². The highest BCUT2D eigenvalue weighted by molar-refractivity contribution is 9.10. The Morgan fingerprint density at radius 3 is 2.58 bits per heavy atom. The molecule has 2 aromatic rings. The first-order valence-corrected chi connectivity index (χ1v) is 7.54. The lowest BCUT2D eigenvalue weighted by atomic mass is 10.00. The van der Waals surface area contributed by atoms with Crippen LogP contribution in [0.4, 0.5) is 0 Å². The van der Waals surface area contributed by atoms with Crippen molar-refractivity contribution in [3.05, 3.63) is 68.1 Å². The number of benzene rings is 2. The van der Waals surface area contributed by atoms with Crippen molar-refractivity contribution in [1.82, 2.24) is 0 Å². The van der Waals surface area contributed by atoms with Crippen LogP contribution in [-0.2, 0) is 18.0 Å². The molecule has 0 bridgehead atoms. The number of ether oxygens (including phenoxy) is 1. The molecule has 1 nitrogen and oxygen atoms in total. The molecule has 2 aromatic carbocycles. The summed E-state index contributed by atoms with van der Waals surface area (Å²) in [6, 6.07) is 12.0. The van der Waals surface area contributed by atoms with Crippen molar-refractivity contribution in [2.75, 3.05) is 0 Å². The van der Waals surface area contributed by atoms with Crippen LogP contribution in [0.25, 0.3) is 0 Å². The molecule has 0 saturated heterocycles. The topological polar surface area (TPSA) is 9.23 Å². The zero-order valence-electron chi connectivity index (χ0n) is 10.00. The SMILES string of the molecule is Clc1cc(Br)cc(C(Cl)c2ccc3c(c2)COC3)c1. The third-order valence-corrected chi connectivity index (χ3v) is 4.40. The third-order valence-electron chi connectivity index (χ3n) is 3.22. The summed E-state index contributed by atoms with van der Waals surface area (Å²) in [5.41, 5.74) is 4.53. The molecular weight excluding hydrogens is 347 g/mol. The normalized spacial score (nSPS) is 15.3. The van der Waals surface area contributed by atoms with Gasteiger partial charge in [-0.2, -0.15) is 0 Å². The van der Waals surface area contributed by atoms with Crippen LogP contribution in [0.1, 0.15) is 27.6 Å². The van der Waals surface area contributed by atoms with E-state index < -0.39 is 0 Å². The minimum absolute atomic E-state index is 0.208. The summed E-state index contributed by atoms with van der Waals surface area (Å²) < 4.78 is 6.36. The molecular formula is C15H11BrCl2O. The molecule has 1 heterocycles. The van der Waals surface area contributed by atoms with Crippen LogP contribution in [0, 0.1) is 0 Å². The first-order valence-electron chi connectivity index (χ1n) is 5.93. The van der Waals surface area contributed by atoms with Gasteiger partial charge in [-0.05, 0) is 40.5 Å². The molecule has 0 N–H and O–H groups in total. The Morgan fingerprint density at radius 2 is 1.79 bits per heavy atom. The van der Waals surface area contributed by atoms with E-state index in [4.69, 9.17) is 27.9 Å². The van der Waals surface area contributed by atoms with E-state index in [0.29, 0.717) is 18.2 Å². The zero-order valence-corrected chi connectivity index (χ0v) is 13.1. The first kappa shape index (κ1) is 13.4. The molecule has 1 aliphatic rings. The lowest BCUT2D eigenvalue weighted by Gasteiger charge is -2.12. The quantitative estimate of drug-likeness (QED) is 0.648. The van der Waals surface area contributed by atoms with Crippen LogP contribution < -0.4 is 0 Å². The van der Waals surface area contributed by atoms with Crippen molar-refractivity contribution in [1.29, 1.82) is 0 Å². The Kier molecular flexibility index (Phi) is 3.86. The molecule has 0 amide bonds. The van der Waals surface area contributed by atoms with Crippen LogP contribution in [-0.4, -0.2) is 0 Å². The maximum Gasteiger partial charge on any atom is 0.0836 e. The van der Waals surface area contributed by atoms with Crippen LogP contribution >= 0.6 is 39.1 Å². The van der Waals surface area contributed by atoms with Crippen LogP contribution in [0.3, 0.4) is 0 Å². The number of halogens is 3. The van der Waals surface area contributed by atoms with Crippen molar-refractivity contribution in [3.8, 4) is 0 Å². The van der Waals surface area contributed by atoms with Crippen molar-refractivity contribution >= 4 is 39.1 Å². The van der Waals surface area contributed by atoms with Crippen molar-refractivity contribution in [2.45, 2.75) is 18.6 Å². The number of hydrogen-bond acceptors (Lipinski definition) is 1. The van der Waals surface area contributed by atoms with Gasteiger partial charge in [-0.15, -0.1) is 11.6 Å². The van der Waals surface area contributed by atoms with Crippen molar-refractivity contribution < 1.29 is 4.74 Å². The summed E-state index contributed by atoms with van der Waals surface area (Å²) in [7, 11) is 0. The van der Waals surface area contributed by atoms with Gasteiger partial charge in [0.1, 0.15) is 0 Å². The summed E-state index contributed by atoms with van der Waals surface area (Å²) in [5, 5.41) is 0.473. The minimum Gasteiger partial charge on any atom is -0.372 e. The first-order chi connectivity index (χ1) is 9.13. The summed E-state index contributed by atoms with van der Waals surface area (Å²) in [4.78, 5) is 0. The Balaban J connectivity index is 1.97. The monoisotopic (exact) mass is 356 g/mol. The second-order valence-corrected chi connectivity index (χ2v) is 6.37. The lowest BCUT2D eigenvalue weighted by Crippen LogP contribution is -1.95.